The fourth-order valence-electron chi connectivity index (χ4n) is 2.81. The van der Waals surface area contributed by atoms with E-state index in [0.29, 0.717) is 23.1 Å². The van der Waals surface area contributed by atoms with Gasteiger partial charge in [-0.25, -0.2) is 13.4 Å². The van der Waals surface area contributed by atoms with Crippen molar-refractivity contribution < 1.29 is 18.1 Å². The van der Waals surface area contributed by atoms with Crippen molar-refractivity contribution in [1.82, 2.24) is 9.29 Å². The molecule has 7 nitrogen and oxygen atoms in total. The number of hydrogen-bond donors (Lipinski definition) is 2. The van der Waals surface area contributed by atoms with Gasteiger partial charge in [0.15, 0.2) is 5.13 Å². The number of piperazine rings is 1. The molecule has 1 aliphatic heterocycles. The number of nitrogens with one attached hydrogen (secondary N) is 2. The highest BCUT2D eigenvalue weighted by atomic mass is 32.2. The number of amides is 1. The Morgan fingerprint density at radius 3 is 2.60 bits per heavy atom. The summed E-state index contributed by atoms with van der Waals surface area (Å²) in [4.78, 5) is 17.1. The smallest absolute Gasteiger partial charge is 0.243 e. The van der Waals surface area contributed by atoms with Crippen LogP contribution in [0.25, 0.3) is 0 Å². The van der Waals surface area contributed by atoms with E-state index in [1.165, 1.54) is 23.2 Å². The van der Waals surface area contributed by atoms with Crippen LogP contribution < -0.4 is 10.2 Å². The van der Waals surface area contributed by atoms with Gasteiger partial charge in [-0.15, -0.1) is 11.3 Å². The topological polar surface area (TPSA) is 83.8 Å². The van der Waals surface area contributed by atoms with Crippen molar-refractivity contribution in [3.63, 3.8) is 0 Å². The molecule has 1 aromatic carbocycles. The zero-order valence-electron chi connectivity index (χ0n) is 13.9. The maximum Gasteiger partial charge on any atom is 0.243 e. The van der Waals surface area contributed by atoms with Gasteiger partial charge in [-0.05, 0) is 12.1 Å². The molecule has 3 rings (SSSR count). The SMILES string of the molecule is CC(=O)Nc1nc(C[NH+]2CCN(S(=O)(=O)c3ccccc3)CC2)cs1. The van der Waals surface area contributed by atoms with Gasteiger partial charge < -0.3 is 10.2 Å². The first-order valence-corrected chi connectivity index (χ1v) is 10.4. The number of quaternary nitrogens is 1. The molecule has 9 heteroatoms. The van der Waals surface area contributed by atoms with Crippen LogP contribution in [-0.2, 0) is 21.4 Å². The third kappa shape index (κ3) is 4.43. The number of benzene rings is 1. The normalized spacial score (nSPS) is 16.7. The Bertz CT molecular complexity index is 828. The summed E-state index contributed by atoms with van der Waals surface area (Å²) >= 11 is 1.41. The minimum absolute atomic E-state index is 0.132. The molecular weight excluding hydrogens is 360 g/mol. The molecular formula is C16H21N4O3S2+. The molecule has 0 spiro atoms. The van der Waals surface area contributed by atoms with E-state index in [-0.39, 0.29) is 5.91 Å². The second kappa shape index (κ2) is 7.61. The first kappa shape index (κ1) is 18.0. The predicted molar refractivity (Wildman–Crippen MR) is 96.0 cm³/mol. The Morgan fingerprint density at radius 1 is 1.28 bits per heavy atom. The Morgan fingerprint density at radius 2 is 1.96 bits per heavy atom. The van der Waals surface area contributed by atoms with E-state index >= 15 is 0 Å². The maximum absolute atomic E-state index is 12.6. The molecule has 1 amide bonds. The summed E-state index contributed by atoms with van der Waals surface area (Å²) in [6.07, 6.45) is 0. The van der Waals surface area contributed by atoms with Gasteiger partial charge in [-0.1, -0.05) is 18.2 Å². The van der Waals surface area contributed by atoms with Gasteiger partial charge in [0, 0.05) is 12.3 Å². The molecule has 2 heterocycles. The highest BCUT2D eigenvalue weighted by Gasteiger charge is 2.30. The van der Waals surface area contributed by atoms with Crippen LogP contribution in [-0.4, -0.2) is 49.8 Å². The van der Waals surface area contributed by atoms with Crippen molar-refractivity contribution in [1.29, 1.82) is 0 Å². The second-order valence-electron chi connectivity index (χ2n) is 5.97. The van der Waals surface area contributed by atoms with Crippen LogP contribution in [0.1, 0.15) is 12.6 Å². The number of hydrogen-bond acceptors (Lipinski definition) is 5. The Labute approximate surface area is 151 Å². The van der Waals surface area contributed by atoms with Crippen molar-refractivity contribution in [3.05, 3.63) is 41.4 Å². The lowest BCUT2D eigenvalue weighted by atomic mass is 10.3. The lowest BCUT2D eigenvalue weighted by Crippen LogP contribution is -3.13. The van der Waals surface area contributed by atoms with Crippen molar-refractivity contribution >= 4 is 32.4 Å². The van der Waals surface area contributed by atoms with E-state index in [9.17, 15) is 13.2 Å². The van der Waals surface area contributed by atoms with E-state index in [4.69, 9.17) is 0 Å². The average Bonchev–Trinajstić information content (AvgIpc) is 3.02. The van der Waals surface area contributed by atoms with Crippen LogP contribution in [0.3, 0.4) is 0 Å². The summed E-state index contributed by atoms with van der Waals surface area (Å²) in [6.45, 7) is 4.65. The average molecular weight is 382 g/mol. The largest absolute Gasteiger partial charge is 0.328 e. The summed E-state index contributed by atoms with van der Waals surface area (Å²) in [5, 5.41) is 5.22. The molecule has 0 saturated carbocycles. The minimum Gasteiger partial charge on any atom is -0.328 e. The Balaban J connectivity index is 1.57. The second-order valence-corrected chi connectivity index (χ2v) is 8.77. The molecule has 0 atom stereocenters. The quantitative estimate of drug-likeness (QED) is 0.775. The van der Waals surface area contributed by atoms with E-state index < -0.39 is 10.0 Å². The standard InChI is InChI=1S/C16H20N4O3S2/c1-13(21)17-16-18-14(12-24-16)11-19-7-9-20(10-8-19)25(22,23)15-5-3-2-4-6-15/h2-6,12H,7-11H2,1H3,(H,17,18,21)/p+1. The number of carbonyl (C=O) groups excluding carboxylic acids is 1. The third-order valence-electron chi connectivity index (χ3n) is 4.08. The molecule has 1 aliphatic rings. The van der Waals surface area contributed by atoms with Gasteiger partial charge in [-0.2, -0.15) is 4.31 Å². The lowest BCUT2D eigenvalue weighted by Gasteiger charge is -2.31. The third-order valence-corrected chi connectivity index (χ3v) is 6.80. The lowest BCUT2D eigenvalue weighted by molar-refractivity contribution is -0.917. The monoisotopic (exact) mass is 381 g/mol. The number of aromatic nitrogens is 1. The number of anilines is 1. The molecule has 0 unspecified atom stereocenters. The number of carbonyl (C=O) groups is 1. The summed E-state index contributed by atoms with van der Waals surface area (Å²) in [5.41, 5.74) is 0.920. The van der Waals surface area contributed by atoms with Crippen molar-refractivity contribution in [2.45, 2.75) is 18.4 Å². The highest BCUT2D eigenvalue weighted by molar-refractivity contribution is 7.89. The van der Waals surface area contributed by atoms with Crippen LogP contribution in [0.2, 0.25) is 0 Å². The Hall–Kier alpha value is -1.81. The number of rotatable bonds is 5. The molecule has 0 aliphatic carbocycles. The molecule has 2 aromatic rings. The van der Waals surface area contributed by atoms with Crippen molar-refractivity contribution in [3.8, 4) is 0 Å². The summed E-state index contributed by atoms with van der Waals surface area (Å²) in [6, 6.07) is 8.55. The van der Waals surface area contributed by atoms with Crippen LogP contribution >= 0.6 is 11.3 Å². The zero-order valence-corrected chi connectivity index (χ0v) is 15.6. The highest BCUT2D eigenvalue weighted by Crippen LogP contribution is 2.16. The fourth-order valence-corrected chi connectivity index (χ4v) is 5.03. The molecule has 25 heavy (non-hydrogen) atoms. The molecule has 2 N–H and O–H groups in total. The summed E-state index contributed by atoms with van der Waals surface area (Å²) in [5.74, 6) is -0.132. The van der Waals surface area contributed by atoms with Crippen LogP contribution in [0.15, 0.2) is 40.6 Å². The van der Waals surface area contributed by atoms with Crippen molar-refractivity contribution in [2.24, 2.45) is 0 Å². The Kier molecular flexibility index (Phi) is 5.48. The first-order valence-electron chi connectivity index (χ1n) is 8.06. The van der Waals surface area contributed by atoms with E-state index in [2.05, 4.69) is 10.3 Å². The molecule has 1 saturated heterocycles. The summed E-state index contributed by atoms with van der Waals surface area (Å²) < 4.78 is 26.8. The molecule has 0 bridgehead atoms. The number of thiazole rings is 1. The summed E-state index contributed by atoms with van der Waals surface area (Å²) in [7, 11) is -3.41. The molecule has 1 aromatic heterocycles. The van der Waals surface area contributed by atoms with Gasteiger partial charge in [0.1, 0.15) is 12.2 Å². The van der Waals surface area contributed by atoms with Crippen molar-refractivity contribution in [2.75, 3.05) is 31.5 Å². The molecule has 1 fully saturated rings. The van der Waals surface area contributed by atoms with Crippen LogP contribution in [0.4, 0.5) is 5.13 Å². The maximum atomic E-state index is 12.6. The number of sulfonamides is 1. The molecule has 134 valence electrons. The fraction of sp³-hybridized carbons (Fsp3) is 0.375. The van der Waals surface area contributed by atoms with Crippen LogP contribution in [0.5, 0.6) is 0 Å². The number of nitrogens with zero attached hydrogens (tertiary/aromatic N) is 2. The van der Waals surface area contributed by atoms with Gasteiger partial charge in [0.25, 0.3) is 0 Å². The molecule has 0 radical (unpaired) electrons. The minimum atomic E-state index is -3.41. The first-order chi connectivity index (χ1) is 11.9. The van der Waals surface area contributed by atoms with E-state index in [1.807, 2.05) is 11.4 Å². The van der Waals surface area contributed by atoms with E-state index in [0.717, 1.165) is 25.3 Å². The van der Waals surface area contributed by atoms with Gasteiger partial charge in [0.2, 0.25) is 15.9 Å². The van der Waals surface area contributed by atoms with Gasteiger partial charge in [-0.3, -0.25) is 4.79 Å². The van der Waals surface area contributed by atoms with Gasteiger partial charge >= 0.3 is 0 Å². The van der Waals surface area contributed by atoms with Gasteiger partial charge in [0.05, 0.1) is 31.1 Å². The zero-order chi connectivity index (χ0) is 17.9. The predicted octanol–water partition coefficient (Wildman–Crippen LogP) is 0.191. The van der Waals surface area contributed by atoms with Crippen LogP contribution in [0, 0.1) is 0 Å². The van der Waals surface area contributed by atoms with E-state index in [1.54, 1.807) is 28.6 Å².